The van der Waals surface area contributed by atoms with Crippen LogP contribution in [-0.4, -0.2) is 85.3 Å². The number of hydrogen-bond acceptors (Lipinski definition) is 12. The second-order valence-corrected chi connectivity index (χ2v) is 17.9. The van der Waals surface area contributed by atoms with E-state index in [9.17, 15) is 28.8 Å². The molecule has 0 spiro atoms. The highest BCUT2D eigenvalue weighted by Crippen LogP contribution is 2.65. The first-order chi connectivity index (χ1) is 19.7. The molecule has 242 valence electrons. The van der Waals surface area contributed by atoms with Gasteiger partial charge in [0.2, 0.25) is 18.4 Å². The summed E-state index contributed by atoms with van der Waals surface area (Å²) >= 11 is 5.68. The number of amides is 1. The minimum atomic E-state index is -2.58. The predicted octanol–water partition coefficient (Wildman–Crippen LogP) is 3.34. The highest BCUT2D eigenvalue weighted by Gasteiger charge is 2.92. The molecular weight excluding hydrogens is 598 g/mol. The van der Waals surface area contributed by atoms with E-state index in [0.717, 1.165) is 5.06 Å². The second-order valence-electron chi connectivity index (χ2n) is 12.7. The fourth-order valence-corrected chi connectivity index (χ4v) is 7.09. The molecule has 0 N–H and O–H groups in total. The Morgan fingerprint density at radius 1 is 0.884 bits per heavy atom. The number of carbonyl (C=O) groups excluding carboxylic acids is 6. The Morgan fingerprint density at radius 3 is 1.84 bits per heavy atom. The molecule has 1 heterocycles. The number of nitrogens with zero attached hydrogens (tertiary/aromatic N) is 1. The molecule has 0 aromatic rings. The topological polar surface area (TPSA) is 152 Å². The predicted molar refractivity (Wildman–Crippen MR) is 160 cm³/mol. The summed E-state index contributed by atoms with van der Waals surface area (Å²) in [7, 11) is -2.58. The lowest BCUT2D eigenvalue weighted by Crippen LogP contribution is -2.97. The highest BCUT2D eigenvalue weighted by atomic mass is 32.1. The standard InChI is InChI=1S/C29H45NO11SSi/c1-12-37-24(34)19(25(35)38-13-2)14-20(42)17(5)29-22(32)21(31)28(29,18(6)41-43(10,11)27(7,8)9)26(36)30(29)40-15-39-23(33)16(3)4/h16-19H,12-15H2,1-11H3/t17-,18+,28+,29+/m0/s1. The fraction of sp³-hybridized carbons (Fsp3) is 0.759. The van der Waals surface area contributed by atoms with Crippen LogP contribution in [0, 0.1) is 23.2 Å². The van der Waals surface area contributed by atoms with E-state index in [2.05, 4.69) is 0 Å². The van der Waals surface area contributed by atoms with Crippen molar-refractivity contribution in [2.24, 2.45) is 23.2 Å². The maximum Gasteiger partial charge on any atom is 0.320 e. The van der Waals surface area contributed by atoms with Crippen LogP contribution in [0.1, 0.15) is 68.7 Å². The number of esters is 3. The van der Waals surface area contributed by atoms with Gasteiger partial charge in [-0.3, -0.25) is 28.8 Å². The molecular formula is C29H45NO11SSi. The van der Waals surface area contributed by atoms with Gasteiger partial charge in [0, 0.05) is 17.2 Å². The van der Waals surface area contributed by atoms with Gasteiger partial charge in [0.1, 0.15) is 0 Å². The minimum Gasteiger partial charge on any atom is -0.465 e. The highest BCUT2D eigenvalue weighted by molar-refractivity contribution is 7.80. The van der Waals surface area contributed by atoms with E-state index in [4.69, 9.17) is 35.7 Å². The first-order valence-corrected chi connectivity index (χ1v) is 17.8. The molecule has 4 atom stereocenters. The van der Waals surface area contributed by atoms with Gasteiger partial charge in [-0.05, 0) is 38.9 Å². The van der Waals surface area contributed by atoms with Crippen LogP contribution in [-0.2, 0) is 52.2 Å². The number of hydroxylamine groups is 2. The van der Waals surface area contributed by atoms with Gasteiger partial charge in [0.15, 0.2) is 25.2 Å². The molecule has 0 radical (unpaired) electrons. The van der Waals surface area contributed by atoms with Crippen LogP contribution in [0.3, 0.4) is 0 Å². The SMILES string of the molecule is CCOC(=O)C(CC(=S)[C@H](C)[C@@]12C(=O)C(=O)[C@]1([C@@H](C)O[Si](C)(C)C(C)(C)C)C(=O)N2OCOC(=O)C(C)C)C(=O)OCC. The van der Waals surface area contributed by atoms with E-state index in [0.29, 0.717) is 0 Å². The van der Waals surface area contributed by atoms with Gasteiger partial charge >= 0.3 is 17.9 Å². The first kappa shape index (κ1) is 36.6. The summed E-state index contributed by atoms with van der Waals surface area (Å²) in [4.78, 5) is 84.0. The molecule has 0 unspecified atom stereocenters. The fourth-order valence-electron chi connectivity index (χ4n) is 5.34. The summed E-state index contributed by atoms with van der Waals surface area (Å²) in [6, 6.07) is 0. The number of fused-ring (bicyclic) bond motifs is 1. The van der Waals surface area contributed by atoms with Gasteiger partial charge in [-0.25, -0.2) is 4.84 Å². The van der Waals surface area contributed by atoms with Crippen LogP contribution < -0.4 is 0 Å². The van der Waals surface area contributed by atoms with E-state index in [1.54, 1.807) is 34.6 Å². The van der Waals surface area contributed by atoms with E-state index in [-0.39, 0.29) is 29.5 Å². The van der Waals surface area contributed by atoms with Crippen LogP contribution in [0.4, 0.5) is 0 Å². The first-order valence-electron chi connectivity index (χ1n) is 14.5. The average molecular weight is 644 g/mol. The molecule has 0 bridgehead atoms. The Morgan fingerprint density at radius 2 is 1.40 bits per heavy atom. The van der Waals surface area contributed by atoms with Gasteiger partial charge in [0.25, 0.3) is 5.91 Å². The van der Waals surface area contributed by atoms with Crippen molar-refractivity contribution in [2.75, 3.05) is 20.0 Å². The molecule has 2 aliphatic rings. The summed E-state index contributed by atoms with van der Waals surface area (Å²) in [6.07, 6.45) is -1.41. The number of hydrogen-bond donors (Lipinski definition) is 0. The van der Waals surface area contributed by atoms with Crippen molar-refractivity contribution in [3.05, 3.63) is 0 Å². The van der Waals surface area contributed by atoms with Crippen molar-refractivity contribution in [3.63, 3.8) is 0 Å². The number of Topliss-reactive ketones (excluding diaryl/α,β-unsaturated/α-hetero) is 2. The molecule has 12 nitrogen and oxygen atoms in total. The molecule has 0 aromatic heterocycles. The molecule has 14 heteroatoms. The third-order valence-corrected chi connectivity index (χ3v) is 13.8. The Hall–Kier alpha value is -2.55. The van der Waals surface area contributed by atoms with Crippen LogP contribution >= 0.6 is 12.2 Å². The summed E-state index contributed by atoms with van der Waals surface area (Å²) in [6.45, 7) is 18.7. The maximum absolute atomic E-state index is 13.9. The largest absolute Gasteiger partial charge is 0.465 e. The zero-order valence-electron chi connectivity index (χ0n) is 27.0. The van der Waals surface area contributed by atoms with Crippen molar-refractivity contribution in [1.82, 2.24) is 5.06 Å². The smallest absolute Gasteiger partial charge is 0.320 e. The van der Waals surface area contributed by atoms with Crippen molar-refractivity contribution < 1.29 is 52.2 Å². The van der Waals surface area contributed by atoms with E-state index in [1.807, 2.05) is 33.9 Å². The molecule has 1 saturated heterocycles. The van der Waals surface area contributed by atoms with Gasteiger partial charge in [-0.15, -0.1) is 0 Å². The molecule has 2 fully saturated rings. The summed E-state index contributed by atoms with van der Waals surface area (Å²) in [5.41, 5.74) is -3.94. The van der Waals surface area contributed by atoms with Gasteiger partial charge < -0.3 is 18.6 Å². The van der Waals surface area contributed by atoms with E-state index in [1.165, 1.54) is 6.92 Å². The molecule has 1 amide bonds. The van der Waals surface area contributed by atoms with Gasteiger partial charge in [-0.1, -0.05) is 53.8 Å². The lowest BCUT2D eigenvalue weighted by atomic mass is 9.40. The lowest BCUT2D eigenvalue weighted by Gasteiger charge is -2.70. The number of rotatable bonds is 15. The number of ether oxygens (including phenoxy) is 3. The van der Waals surface area contributed by atoms with Gasteiger partial charge in [-0.2, -0.15) is 5.06 Å². The zero-order valence-corrected chi connectivity index (χ0v) is 28.8. The summed E-state index contributed by atoms with van der Waals surface area (Å²) in [5.74, 6) is -8.02. The lowest BCUT2D eigenvalue weighted by molar-refractivity contribution is -0.330. The number of piperidine rings is 1. The average Bonchev–Trinajstić information content (AvgIpc) is 2.89. The molecule has 0 aromatic carbocycles. The van der Waals surface area contributed by atoms with Gasteiger partial charge in [0.05, 0.1) is 25.2 Å². The summed E-state index contributed by atoms with van der Waals surface area (Å²) < 4.78 is 21.7. The van der Waals surface area contributed by atoms with Crippen molar-refractivity contribution in [1.29, 1.82) is 0 Å². The Balaban J connectivity index is 2.59. The van der Waals surface area contributed by atoms with Crippen LogP contribution in [0.25, 0.3) is 0 Å². The van der Waals surface area contributed by atoms with E-state index < -0.39 is 85.3 Å². The maximum atomic E-state index is 13.9. The number of thiocarbonyl (C=S) groups is 1. The molecule has 1 saturated carbocycles. The van der Waals surface area contributed by atoms with Crippen LogP contribution in [0.15, 0.2) is 0 Å². The number of β-lactam (4-membered cyclic amide) rings is 1. The zero-order chi connectivity index (χ0) is 33.3. The Labute approximate surface area is 259 Å². The van der Waals surface area contributed by atoms with Crippen molar-refractivity contribution in [2.45, 2.75) is 98.5 Å². The second kappa shape index (κ2) is 13.2. The minimum absolute atomic E-state index is 0.00458. The van der Waals surface area contributed by atoms with E-state index >= 15 is 0 Å². The van der Waals surface area contributed by atoms with Crippen molar-refractivity contribution in [3.8, 4) is 0 Å². The van der Waals surface area contributed by atoms with Crippen LogP contribution in [0.5, 0.6) is 0 Å². The molecule has 43 heavy (non-hydrogen) atoms. The number of ketones is 2. The quantitative estimate of drug-likeness (QED) is 0.0376. The third kappa shape index (κ3) is 5.95. The normalized spacial score (nSPS) is 23.3. The molecule has 1 aliphatic heterocycles. The monoisotopic (exact) mass is 643 g/mol. The Bertz CT molecular complexity index is 1160. The van der Waals surface area contributed by atoms with Crippen LogP contribution in [0.2, 0.25) is 18.1 Å². The van der Waals surface area contributed by atoms with Crippen molar-refractivity contribution >= 4 is 60.8 Å². The molecule has 2 rings (SSSR count). The third-order valence-electron chi connectivity index (χ3n) is 8.75. The molecule has 1 aliphatic carbocycles. The summed E-state index contributed by atoms with van der Waals surface area (Å²) in [5, 5.41) is 0.454. The number of carbonyl (C=O) groups is 6. The Kier molecular flexibility index (Phi) is 11.3.